The zero-order valence-corrected chi connectivity index (χ0v) is 26.1. The zero-order valence-electron chi connectivity index (χ0n) is 26.1. The lowest BCUT2D eigenvalue weighted by molar-refractivity contribution is 0.668. The summed E-state index contributed by atoms with van der Waals surface area (Å²) in [4.78, 5) is 16.3. The van der Waals surface area contributed by atoms with Gasteiger partial charge in [0.1, 0.15) is 11.2 Å². The van der Waals surface area contributed by atoms with Gasteiger partial charge in [0.2, 0.25) is 0 Å². The molecular weight excluding hydrogens is 576 g/mol. The number of H-pyrrole nitrogens is 3. The van der Waals surface area contributed by atoms with E-state index in [0.717, 1.165) is 83.5 Å². The molecule has 6 heterocycles. The normalized spacial score (nSPS) is 13.4. The van der Waals surface area contributed by atoms with E-state index in [2.05, 4.69) is 162 Å². The number of rotatable bonds is 3. The second-order valence-corrected chi connectivity index (χ2v) is 12.4. The number of benzene rings is 2. The average molecular weight is 609 g/mol. The molecule has 7 aromatic rings. The Morgan fingerprint density at radius 3 is 1.55 bits per heavy atom. The molecule has 5 aromatic heterocycles. The fraction of sp³-hybridized carbons (Fsp3) is 0.0714. The molecule has 0 radical (unpaired) electrons. The molecule has 5 heteroatoms. The highest BCUT2D eigenvalue weighted by atomic mass is 16.3. The van der Waals surface area contributed by atoms with Crippen LogP contribution in [0.2, 0.25) is 0 Å². The Hall–Kier alpha value is -6.07. The van der Waals surface area contributed by atoms with Gasteiger partial charge in [-0.3, -0.25) is 0 Å². The summed E-state index contributed by atoms with van der Waals surface area (Å²) in [5.74, 6) is 0.128. The molecule has 0 amide bonds. The maximum Gasteiger partial charge on any atom is 0.137 e. The van der Waals surface area contributed by atoms with E-state index < -0.39 is 0 Å². The van der Waals surface area contributed by atoms with Crippen molar-refractivity contribution in [3.05, 3.63) is 149 Å². The molecule has 2 aromatic carbocycles. The third kappa shape index (κ3) is 4.75. The van der Waals surface area contributed by atoms with Crippen LogP contribution >= 0.6 is 0 Å². The molecule has 1 aliphatic heterocycles. The average Bonchev–Trinajstić information content (AvgIpc) is 3.92. The number of hydrogen-bond donors (Lipinski definition) is 3. The van der Waals surface area contributed by atoms with Gasteiger partial charge in [0.05, 0.1) is 39.0 Å². The molecule has 1 aliphatic carbocycles. The van der Waals surface area contributed by atoms with Crippen LogP contribution in [0, 0.1) is 13.8 Å². The van der Waals surface area contributed by atoms with Crippen molar-refractivity contribution in [3.63, 3.8) is 0 Å². The molecule has 0 saturated heterocycles. The van der Waals surface area contributed by atoms with Crippen LogP contribution in [0.3, 0.4) is 0 Å². The molecule has 0 fully saturated rings. The van der Waals surface area contributed by atoms with Crippen molar-refractivity contribution in [3.8, 4) is 22.3 Å². The largest absolute Gasteiger partial charge is 0.456 e. The molecule has 5 nitrogen and oxygen atoms in total. The maximum absolute atomic E-state index is 6.83. The standard InChI is InChI=1S/C42H32N4O/c1-25-7-11-28(12-8-25)41-36-21-17-32(45-36)30-15-19-34(43-30)40(27-5-3-4-6-27)35-20-16-31(44-35)33-18-22-37(46-33)42(39-24-23-38(41)47-39)29-13-9-26(2)10-14-29/h3-24,27,43,45-46H,1-2H3. The zero-order chi connectivity index (χ0) is 31.5. The molecule has 3 N–H and O–H groups in total. The van der Waals surface area contributed by atoms with E-state index in [-0.39, 0.29) is 5.92 Å². The molecular formula is C42H32N4O. The Balaban J connectivity index is 1.44. The van der Waals surface area contributed by atoms with Gasteiger partial charge < -0.3 is 19.4 Å². The van der Waals surface area contributed by atoms with Gasteiger partial charge in [0.15, 0.2) is 0 Å². The van der Waals surface area contributed by atoms with Gasteiger partial charge in [0, 0.05) is 28.1 Å². The molecule has 9 rings (SSSR count). The van der Waals surface area contributed by atoms with Crippen molar-refractivity contribution in [2.24, 2.45) is 0 Å². The second-order valence-electron chi connectivity index (χ2n) is 12.4. The number of furan rings is 1. The Labute approximate surface area is 271 Å². The van der Waals surface area contributed by atoms with Gasteiger partial charge in [-0.1, -0.05) is 84.0 Å². The van der Waals surface area contributed by atoms with Crippen molar-refractivity contribution < 1.29 is 4.42 Å². The minimum absolute atomic E-state index is 0.128. The molecule has 0 spiro atoms. The molecule has 0 atom stereocenters. The molecule has 226 valence electrons. The summed E-state index contributed by atoms with van der Waals surface area (Å²) in [6, 6.07) is 34.2. The van der Waals surface area contributed by atoms with Crippen LogP contribution in [0.4, 0.5) is 0 Å². The maximum atomic E-state index is 6.83. The minimum atomic E-state index is 0.128. The first-order valence-electron chi connectivity index (χ1n) is 16.0. The van der Waals surface area contributed by atoms with Crippen LogP contribution in [-0.2, 0) is 0 Å². The molecule has 2 aliphatic rings. The fourth-order valence-corrected chi connectivity index (χ4v) is 6.78. The van der Waals surface area contributed by atoms with Gasteiger partial charge in [-0.15, -0.1) is 0 Å². The van der Waals surface area contributed by atoms with Crippen molar-refractivity contribution in [2.45, 2.75) is 19.8 Å². The van der Waals surface area contributed by atoms with Gasteiger partial charge in [0.25, 0.3) is 0 Å². The summed E-state index contributed by atoms with van der Waals surface area (Å²) in [6.45, 7) is 4.22. The smallest absolute Gasteiger partial charge is 0.137 e. The number of allylic oxidation sites excluding steroid dienone is 4. The van der Waals surface area contributed by atoms with Gasteiger partial charge >= 0.3 is 0 Å². The first-order chi connectivity index (χ1) is 23.1. The first kappa shape index (κ1) is 27.3. The minimum Gasteiger partial charge on any atom is -0.456 e. The van der Waals surface area contributed by atoms with E-state index in [4.69, 9.17) is 9.40 Å². The van der Waals surface area contributed by atoms with Crippen molar-refractivity contribution in [1.82, 2.24) is 19.9 Å². The topological polar surface area (TPSA) is 73.4 Å². The van der Waals surface area contributed by atoms with E-state index in [0.29, 0.717) is 0 Å². The van der Waals surface area contributed by atoms with Gasteiger partial charge in [-0.25, -0.2) is 4.98 Å². The van der Waals surface area contributed by atoms with Crippen LogP contribution in [-0.4, -0.2) is 19.9 Å². The summed E-state index contributed by atoms with van der Waals surface area (Å²) < 4.78 is 6.83. The third-order valence-corrected chi connectivity index (χ3v) is 9.23. The van der Waals surface area contributed by atoms with Crippen LogP contribution in [0.25, 0.3) is 78.7 Å². The van der Waals surface area contributed by atoms with Gasteiger partial charge in [-0.2, -0.15) is 0 Å². The molecule has 47 heavy (non-hydrogen) atoms. The number of aromatic nitrogens is 4. The number of fused-ring (bicyclic) bond motifs is 12. The molecule has 0 saturated carbocycles. The predicted molar refractivity (Wildman–Crippen MR) is 195 cm³/mol. The highest BCUT2D eigenvalue weighted by Crippen LogP contribution is 2.36. The lowest BCUT2D eigenvalue weighted by atomic mass is 9.99. The lowest BCUT2D eigenvalue weighted by Crippen LogP contribution is -1.94. The summed E-state index contributed by atoms with van der Waals surface area (Å²) in [5.41, 5.74) is 17.1. The van der Waals surface area contributed by atoms with E-state index in [1.807, 2.05) is 0 Å². The van der Waals surface area contributed by atoms with E-state index in [9.17, 15) is 0 Å². The highest BCUT2D eigenvalue weighted by molar-refractivity contribution is 5.97. The predicted octanol–water partition coefficient (Wildman–Crippen LogP) is 11.2. The Bertz CT molecular complexity index is 2570. The highest BCUT2D eigenvalue weighted by Gasteiger charge is 2.18. The summed E-state index contributed by atoms with van der Waals surface area (Å²) in [7, 11) is 0. The van der Waals surface area contributed by atoms with Crippen LogP contribution in [0.5, 0.6) is 0 Å². The lowest BCUT2D eigenvalue weighted by Gasteiger charge is -2.07. The van der Waals surface area contributed by atoms with Crippen molar-refractivity contribution in [2.75, 3.05) is 0 Å². The summed E-state index contributed by atoms with van der Waals surface area (Å²) in [6.07, 6.45) is 12.9. The Morgan fingerprint density at radius 2 is 0.957 bits per heavy atom. The fourth-order valence-electron chi connectivity index (χ4n) is 6.78. The molecule has 10 bridgehead atoms. The number of nitrogens with one attached hydrogen (secondary N) is 3. The quantitative estimate of drug-likeness (QED) is 0.187. The second kappa shape index (κ2) is 10.8. The van der Waals surface area contributed by atoms with E-state index >= 15 is 0 Å². The van der Waals surface area contributed by atoms with Gasteiger partial charge in [-0.05, 0) is 85.7 Å². The van der Waals surface area contributed by atoms with E-state index in [1.54, 1.807) is 0 Å². The number of nitrogens with zero attached hydrogens (tertiary/aromatic N) is 1. The van der Waals surface area contributed by atoms with Crippen molar-refractivity contribution in [1.29, 1.82) is 0 Å². The van der Waals surface area contributed by atoms with Crippen LogP contribution in [0.1, 0.15) is 34.0 Å². The number of aromatic amines is 3. The summed E-state index contributed by atoms with van der Waals surface area (Å²) >= 11 is 0. The summed E-state index contributed by atoms with van der Waals surface area (Å²) in [5, 5.41) is 0. The first-order valence-corrected chi connectivity index (χ1v) is 16.0. The van der Waals surface area contributed by atoms with E-state index in [1.165, 1.54) is 11.1 Å². The molecule has 0 unspecified atom stereocenters. The van der Waals surface area contributed by atoms with Crippen molar-refractivity contribution >= 4 is 56.4 Å². The monoisotopic (exact) mass is 608 g/mol. The van der Waals surface area contributed by atoms with Crippen LogP contribution < -0.4 is 0 Å². The Kier molecular flexibility index (Phi) is 6.25. The SMILES string of the molecule is Cc1ccc(-c2c3ccc([nH]3)c3nc(c(C4C=CC=C4)c4ccc([nH]4)c4ccc([nH]4)c(-c4ccc(C)cc4)c4ccc2o4)C=C3)cc1. The number of aryl methyl sites for hydroxylation is 2. The Morgan fingerprint density at radius 1 is 0.489 bits per heavy atom. The van der Waals surface area contributed by atoms with Crippen LogP contribution in [0.15, 0.2) is 126 Å². The third-order valence-electron chi connectivity index (χ3n) is 9.23. The number of hydrogen-bond acceptors (Lipinski definition) is 2.